The molecule has 0 fully saturated rings. The normalized spacial score (nSPS) is 12.6. The van der Waals surface area contributed by atoms with Crippen molar-refractivity contribution in [3.05, 3.63) is 46.3 Å². The summed E-state index contributed by atoms with van der Waals surface area (Å²) in [6, 6.07) is 4.80. The molecule has 0 saturated heterocycles. The molecule has 2 rings (SSSR count). The molecule has 1 atom stereocenters. The second-order valence-corrected chi connectivity index (χ2v) is 4.78. The Morgan fingerprint density at radius 1 is 1.50 bits per heavy atom. The van der Waals surface area contributed by atoms with Crippen LogP contribution in [0.3, 0.4) is 0 Å². The van der Waals surface area contributed by atoms with Gasteiger partial charge in [-0.2, -0.15) is 4.98 Å². The third-order valence-electron chi connectivity index (χ3n) is 2.63. The van der Waals surface area contributed by atoms with Gasteiger partial charge in [-0.15, -0.1) is 0 Å². The summed E-state index contributed by atoms with van der Waals surface area (Å²) in [6.45, 7) is 2.74. The minimum absolute atomic E-state index is 0.114. The predicted molar refractivity (Wildman–Crippen MR) is 68.5 cm³/mol. The zero-order valence-corrected chi connectivity index (χ0v) is 11.4. The van der Waals surface area contributed by atoms with E-state index in [1.165, 1.54) is 18.5 Å². The summed E-state index contributed by atoms with van der Waals surface area (Å²) in [5.41, 5.74) is 1.02. The van der Waals surface area contributed by atoms with Gasteiger partial charge in [-0.1, -0.05) is 27.2 Å². The summed E-state index contributed by atoms with van der Waals surface area (Å²) in [6.07, 6.45) is 2.05. The summed E-state index contributed by atoms with van der Waals surface area (Å²) in [4.78, 5) is 3.94. The zero-order chi connectivity index (χ0) is 13.0. The number of nitrogens with one attached hydrogen (secondary N) is 1. The van der Waals surface area contributed by atoms with Crippen molar-refractivity contribution in [1.29, 1.82) is 0 Å². The minimum Gasteiger partial charge on any atom is -0.340 e. The Labute approximate surface area is 113 Å². The lowest BCUT2D eigenvalue weighted by Crippen LogP contribution is -2.21. The maximum atomic E-state index is 13.0. The van der Waals surface area contributed by atoms with Gasteiger partial charge in [0.2, 0.25) is 5.89 Å². The molecule has 0 aliphatic carbocycles. The van der Waals surface area contributed by atoms with Crippen LogP contribution in [-0.4, -0.2) is 16.7 Å². The van der Waals surface area contributed by atoms with Crippen LogP contribution in [0.15, 0.2) is 33.5 Å². The Morgan fingerprint density at radius 3 is 3.00 bits per heavy atom. The van der Waals surface area contributed by atoms with Crippen LogP contribution in [0.5, 0.6) is 0 Å². The van der Waals surface area contributed by atoms with Crippen LogP contribution in [0.2, 0.25) is 0 Å². The number of hydrogen-bond donors (Lipinski definition) is 1. The molecule has 0 aliphatic heterocycles. The highest BCUT2D eigenvalue weighted by atomic mass is 79.9. The van der Waals surface area contributed by atoms with Gasteiger partial charge in [-0.25, -0.2) is 4.39 Å². The molecule has 1 aromatic heterocycles. The molecular formula is C12H13BrFN3O. The van der Waals surface area contributed by atoms with Crippen LogP contribution < -0.4 is 5.32 Å². The molecule has 2 aromatic rings. The molecule has 0 spiro atoms. The first-order valence-electron chi connectivity index (χ1n) is 5.60. The van der Waals surface area contributed by atoms with Crippen LogP contribution >= 0.6 is 15.9 Å². The fourth-order valence-electron chi connectivity index (χ4n) is 1.66. The van der Waals surface area contributed by atoms with Crippen LogP contribution in [0.4, 0.5) is 4.39 Å². The largest absolute Gasteiger partial charge is 0.340 e. The van der Waals surface area contributed by atoms with Crippen molar-refractivity contribution in [1.82, 2.24) is 15.5 Å². The van der Waals surface area contributed by atoms with Crippen molar-refractivity contribution in [2.75, 3.05) is 6.54 Å². The van der Waals surface area contributed by atoms with Gasteiger partial charge in [0, 0.05) is 23.5 Å². The number of nitrogens with zero attached hydrogens (tertiary/aromatic N) is 2. The molecule has 1 aromatic carbocycles. The molecule has 6 heteroatoms. The van der Waals surface area contributed by atoms with E-state index in [0.29, 0.717) is 18.9 Å². The van der Waals surface area contributed by atoms with Crippen molar-refractivity contribution in [3.8, 4) is 0 Å². The standard InChI is InChI=1S/C12H13BrFN3O/c1-8(10-3-2-9(14)6-11(10)13)15-5-4-12-16-7-17-18-12/h2-3,6-8,15H,4-5H2,1H3. The smallest absolute Gasteiger partial charge is 0.227 e. The highest BCUT2D eigenvalue weighted by Gasteiger charge is 2.10. The second-order valence-electron chi connectivity index (χ2n) is 3.93. The minimum atomic E-state index is -0.247. The zero-order valence-electron chi connectivity index (χ0n) is 9.86. The highest BCUT2D eigenvalue weighted by Crippen LogP contribution is 2.23. The van der Waals surface area contributed by atoms with Gasteiger partial charge in [-0.3, -0.25) is 0 Å². The van der Waals surface area contributed by atoms with Crippen LogP contribution in [0.25, 0.3) is 0 Å². The average molecular weight is 314 g/mol. The summed E-state index contributed by atoms with van der Waals surface area (Å²) in [5.74, 6) is 0.358. The first-order chi connectivity index (χ1) is 8.66. The number of benzene rings is 1. The van der Waals surface area contributed by atoms with E-state index in [4.69, 9.17) is 4.52 Å². The number of halogens is 2. The maximum absolute atomic E-state index is 13.0. The van der Waals surface area contributed by atoms with E-state index in [1.54, 1.807) is 6.07 Å². The molecule has 18 heavy (non-hydrogen) atoms. The fraction of sp³-hybridized carbons (Fsp3) is 0.333. The molecule has 0 aliphatic rings. The van der Waals surface area contributed by atoms with Crippen molar-refractivity contribution in [2.24, 2.45) is 0 Å². The Bertz CT molecular complexity index is 504. The Kier molecular flexibility index (Phi) is 4.43. The summed E-state index contributed by atoms with van der Waals surface area (Å²) in [5, 5.41) is 6.86. The van der Waals surface area contributed by atoms with Crippen molar-refractivity contribution >= 4 is 15.9 Å². The number of aromatic nitrogens is 2. The molecule has 0 saturated carbocycles. The van der Waals surface area contributed by atoms with E-state index in [0.717, 1.165) is 10.0 Å². The van der Waals surface area contributed by atoms with E-state index < -0.39 is 0 Å². The molecule has 4 nitrogen and oxygen atoms in total. The van der Waals surface area contributed by atoms with Gasteiger partial charge in [0.05, 0.1) is 0 Å². The number of rotatable bonds is 5. The first-order valence-corrected chi connectivity index (χ1v) is 6.40. The SMILES string of the molecule is CC(NCCc1ncno1)c1ccc(F)cc1Br. The van der Waals surface area contributed by atoms with Gasteiger partial charge in [-0.05, 0) is 24.6 Å². The summed E-state index contributed by atoms with van der Waals surface area (Å²) >= 11 is 3.36. The molecule has 0 bridgehead atoms. The fourth-order valence-corrected chi connectivity index (χ4v) is 2.36. The lowest BCUT2D eigenvalue weighted by Gasteiger charge is -2.15. The second kappa shape index (κ2) is 6.06. The van der Waals surface area contributed by atoms with Gasteiger partial charge in [0.1, 0.15) is 5.82 Å². The maximum Gasteiger partial charge on any atom is 0.227 e. The van der Waals surface area contributed by atoms with Crippen molar-refractivity contribution < 1.29 is 8.91 Å². The predicted octanol–water partition coefficient (Wildman–Crippen LogP) is 2.86. The Hall–Kier alpha value is -1.27. The van der Waals surface area contributed by atoms with E-state index in [9.17, 15) is 4.39 Å². The molecule has 96 valence electrons. The third kappa shape index (κ3) is 3.36. The monoisotopic (exact) mass is 313 g/mol. The van der Waals surface area contributed by atoms with E-state index in [-0.39, 0.29) is 11.9 Å². The topological polar surface area (TPSA) is 51.0 Å². The van der Waals surface area contributed by atoms with Gasteiger partial charge < -0.3 is 9.84 Å². The number of hydrogen-bond acceptors (Lipinski definition) is 4. The third-order valence-corrected chi connectivity index (χ3v) is 3.31. The Morgan fingerprint density at radius 2 is 2.33 bits per heavy atom. The van der Waals surface area contributed by atoms with E-state index in [2.05, 4.69) is 31.4 Å². The van der Waals surface area contributed by atoms with Crippen molar-refractivity contribution in [3.63, 3.8) is 0 Å². The lowest BCUT2D eigenvalue weighted by molar-refractivity contribution is 0.372. The van der Waals surface area contributed by atoms with Gasteiger partial charge >= 0.3 is 0 Å². The molecule has 0 radical (unpaired) electrons. The van der Waals surface area contributed by atoms with Crippen LogP contribution in [-0.2, 0) is 6.42 Å². The van der Waals surface area contributed by atoms with E-state index >= 15 is 0 Å². The summed E-state index contributed by atoms with van der Waals surface area (Å²) < 4.78 is 18.6. The van der Waals surface area contributed by atoms with Crippen LogP contribution in [0.1, 0.15) is 24.4 Å². The van der Waals surface area contributed by atoms with Crippen molar-refractivity contribution in [2.45, 2.75) is 19.4 Å². The molecule has 1 heterocycles. The lowest BCUT2D eigenvalue weighted by atomic mass is 10.1. The molecular weight excluding hydrogens is 301 g/mol. The quantitative estimate of drug-likeness (QED) is 0.922. The first kappa shape index (κ1) is 13.2. The highest BCUT2D eigenvalue weighted by molar-refractivity contribution is 9.10. The molecule has 1 N–H and O–H groups in total. The Balaban J connectivity index is 1.89. The van der Waals surface area contributed by atoms with Gasteiger partial charge in [0.25, 0.3) is 0 Å². The average Bonchev–Trinajstić information content (AvgIpc) is 2.81. The van der Waals surface area contributed by atoms with E-state index in [1.807, 2.05) is 6.92 Å². The molecule has 1 unspecified atom stereocenters. The summed E-state index contributed by atoms with van der Waals surface area (Å²) in [7, 11) is 0. The van der Waals surface area contributed by atoms with Gasteiger partial charge in [0.15, 0.2) is 6.33 Å². The van der Waals surface area contributed by atoms with Crippen LogP contribution in [0, 0.1) is 5.82 Å². The molecule has 0 amide bonds.